The van der Waals surface area contributed by atoms with Gasteiger partial charge < -0.3 is 15.1 Å². The van der Waals surface area contributed by atoms with Crippen molar-refractivity contribution < 1.29 is 24.2 Å². The number of carboxylic acid groups (broad SMARTS) is 1. The summed E-state index contributed by atoms with van der Waals surface area (Å²) in [6.07, 6.45) is -0.990. The lowest BCUT2D eigenvalue weighted by Gasteiger charge is -2.21. The highest BCUT2D eigenvalue weighted by atomic mass is 35.5. The molecule has 2 atom stereocenters. The molecule has 1 fully saturated rings. The Morgan fingerprint density at radius 3 is 2.74 bits per heavy atom. The minimum Gasteiger partial charge on any atom is -0.480 e. The second-order valence-electron chi connectivity index (χ2n) is 4.30. The van der Waals surface area contributed by atoms with E-state index in [0.29, 0.717) is 0 Å². The average molecular weight is 288 g/mol. The van der Waals surface area contributed by atoms with Crippen molar-refractivity contribution >= 4 is 23.5 Å². The molecule has 0 radical (unpaired) electrons. The summed E-state index contributed by atoms with van der Waals surface area (Å²) in [6.45, 7) is -0.137. The molecule has 0 spiro atoms. The molecule has 102 valence electrons. The Morgan fingerprint density at radius 2 is 2.11 bits per heavy atom. The number of aliphatic hydroxyl groups excluding tert-OH is 1. The summed E-state index contributed by atoms with van der Waals surface area (Å²) in [5.41, 5.74) is -0.298. The Morgan fingerprint density at radius 1 is 1.42 bits per heavy atom. The highest BCUT2D eigenvalue weighted by Gasteiger charge is 2.39. The van der Waals surface area contributed by atoms with Gasteiger partial charge in [-0.2, -0.15) is 0 Å². The molecule has 1 aromatic carbocycles. The van der Waals surface area contributed by atoms with E-state index in [1.54, 1.807) is 0 Å². The van der Waals surface area contributed by atoms with E-state index in [1.165, 1.54) is 18.2 Å². The van der Waals surface area contributed by atoms with Gasteiger partial charge in [-0.05, 0) is 12.1 Å². The number of carbonyl (C=O) groups is 2. The molecule has 19 heavy (non-hydrogen) atoms. The lowest BCUT2D eigenvalue weighted by Crippen LogP contribution is -2.40. The zero-order chi connectivity index (χ0) is 14.2. The molecule has 2 N–H and O–H groups in total. The van der Waals surface area contributed by atoms with Crippen LogP contribution in [-0.2, 0) is 4.79 Å². The zero-order valence-electron chi connectivity index (χ0n) is 9.72. The van der Waals surface area contributed by atoms with Crippen LogP contribution in [0, 0.1) is 5.82 Å². The smallest absolute Gasteiger partial charge is 0.326 e. The minimum atomic E-state index is -1.23. The summed E-state index contributed by atoms with van der Waals surface area (Å²) >= 11 is 5.58. The van der Waals surface area contributed by atoms with Crippen LogP contribution in [0.25, 0.3) is 0 Å². The first-order chi connectivity index (χ1) is 8.91. The Labute approximate surface area is 113 Å². The molecule has 1 heterocycles. The van der Waals surface area contributed by atoms with Gasteiger partial charge in [0.05, 0.1) is 16.7 Å². The van der Waals surface area contributed by atoms with E-state index in [0.717, 1.165) is 4.90 Å². The lowest BCUT2D eigenvalue weighted by molar-refractivity contribution is -0.141. The van der Waals surface area contributed by atoms with Crippen molar-refractivity contribution in [3.8, 4) is 0 Å². The van der Waals surface area contributed by atoms with E-state index >= 15 is 0 Å². The van der Waals surface area contributed by atoms with Crippen molar-refractivity contribution in [1.82, 2.24) is 4.90 Å². The number of carboxylic acids is 1. The summed E-state index contributed by atoms with van der Waals surface area (Å²) in [4.78, 5) is 24.1. The maximum atomic E-state index is 13.7. The number of carbonyl (C=O) groups excluding carboxylic acids is 1. The van der Waals surface area contributed by atoms with E-state index in [4.69, 9.17) is 16.7 Å². The molecule has 0 aliphatic carbocycles. The first-order valence-electron chi connectivity index (χ1n) is 5.57. The molecule has 1 aliphatic heterocycles. The van der Waals surface area contributed by atoms with Crippen LogP contribution in [0.5, 0.6) is 0 Å². The third-order valence-corrected chi connectivity index (χ3v) is 3.30. The summed E-state index contributed by atoms with van der Waals surface area (Å²) in [5, 5.41) is 18.2. The summed E-state index contributed by atoms with van der Waals surface area (Å²) < 4.78 is 13.7. The van der Waals surface area contributed by atoms with Crippen LogP contribution in [0.15, 0.2) is 18.2 Å². The second kappa shape index (κ2) is 5.14. The van der Waals surface area contributed by atoms with E-state index in [1.807, 2.05) is 0 Å². The molecule has 1 saturated heterocycles. The van der Waals surface area contributed by atoms with Crippen LogP contribution in [0.3, 0.4) is 0 Å². The Kier molecular flexibility index (Phi) is 3.73. The first-order valence-corrected chi connectivity index (χ1v) is 5.95. The van der Waals surface area contributed by atoms with Crippen LogP contribution < -0.4 is 0 Å². The predicted octanol–water partition coefficient (Wildman–Crippen LogP) is 1.14. The molecule has 0 saturated carbocycles. The van der Waals surface area contributed by atoms with Gasteiger partial charge in [-0.1, -0.05) is 17.7 Å². The molecule has 0 bridgehead atoms. The number of halogens is 2. The Hall–Kier alpha value is -1.66. The molecule has 2 rings (SSSR count). The first kappa shape index (κ1) is 13.8. The van der Waals surface area contributed by atoms with Gasteiger partial charge in [0.25, 0.3) is 5.91 Å². The topological polar surface area (TPSA) is 77.8 Å². The third kappa shape index (κ3) is 2.54. The molecular weight excluding hydrogens is 277 g/mol. The van der Waals surface area contributed by atoms with E-state index in [9.17, 15) is 19.1 Å². The van der Waals surface area contributed by atoms with Gasteiger partial charge in [0.15, 0.2) is 5.82 Å². The molecule has 1 amide bonds. The summed E-state index contributed by atoms with van der Waals surface area (Å²) in [7, 11) is 0. The van der Waals surface area contributed by atoms with Crippen molar-refractivity contribution in [2.75, 3.05) is 6.54 Å². The zero-order valence-corrected chi connectivity index (χ0v) is 10.5. The van der Waals surface area contributed by atoms with Crippen LogP contribution in [0.2, 0.25) is 5.02 Å². The highest BCUT2D eigenvalue weighted by Crippen LogP contribution is 2.24. The predicted molar refractivity (Wildman–Crippen MR) is 64.5 cm³/mol. The van der Waals surface area contributed by atoms with E-state index in [-0.39, 0.29) is 23.6 Å². The summed E-state index contributed by atoms with van der Waals surface area (Å²) in [6, 6.07) is 2.77. The maximum absolute atomic E-state index is 13.7. The van der Waals surface area contributed by atoms with Crippen LogP contribution in [-0.4, -0.2) is 45.7 Å². The van der Waals surface area contributed by atoms with Gasteiger partial charge in [-0.15, -0.1) is 0 Å². The average Bonchev–Trinajstić information content (AvgIpc) is 2.74. The number of hydrogen-bond acceptors (Lipinski definition) is 3. The summed E-state index contributed by atoms with van der Waals surface area (Å²) in [5.74, 6) is -2.91. The van der Waals surface area contributed by atoms with Gasteiger partial charge in [-0.3, -0.25) is 4.79 Å². The Balaban J connectivity index is 2.33. The molecule has 0 aromatic heterocycles. The molecule has 0 unspecified atom stereocenters. The third-order valence-electron chi connectivity index (χ3n) is 3.01. The van der Waals surface area contributed by atoms with Gasteiger partial charge in [-0.25, -0.2) is 9.18 Å². The number of rotatable bonds is 2. The fraction of sp³-hybridized carbons (Fsp3) is 0.333. The number of hydrogen-bond donors (Lipinski definition) is 2. The van der Waals surface area contributed by atoms with Crippen molar-refractivity contribution in [3.63, 3.8) is 0 Å². The fourth-order valence-electron chi connectivity index (χ4n) is 2.10. The number of likely N-dealkylation sites (tertiary alicyclic amines) is 1. The number of aliphatic hydroxyl groups is 1. The monoisotopic (exact) mass is 287 g/mol. The number of aliphatic carboxylic acids is 1. The molecule has 7 heteroatoms. The van der Waals surface area contributed by atoms with Gasteiger partial charge in [0.2, 0.25) is 0 Å². The van der Waals surface area contributed by atoms with Crippen molar-refractivity contribution in [2.24, 2.45) is 0 Å². The van der Waals surface area contributed by atoms with Crippen LogP contribution in [0.1, 0.15) is 16.8 Å². The standard InChI is InChI=1S/C12H11ClFNO4/c13-8-3-1-2-7(10(8)14)11(17)15-5-6(16)4-9(15)12(18)19/h1-3,6,9,16H,4-5H2,(H,18,19)/t6-,9-/m0/s1. The normalized spacial score (nSPS) is 22.6. The van der Waals surface area contributed by atoms with Gasteiger partial charge in [0.1, 0.15) is 6.04 Å². The SMILES string of the molecule is O=C(O)[C@@H]1C[C@H](O)CN1C(=O)c1cccc(Cl)c1F. The molecule has 1 aliphatic rings. The minimum absolute atomic E-state index is 0.0662. The molecule has 1 aromatic rings. The number of β-amino-alcohol motifs (C(OH)–C–C–N with tert-alkyl or cyclic N) is 1. The van der Waals surface area contributed by atoms with Crippen molar-refractivity contribution in [2.45, 2.75) is 18.6 Å². The second-order valence-corrected chi connectivity index (χ2v) is 4.71. The van der Waals surface area contributed by atoms with E-state index < -0.39 is 29.8 Å². The number of benzene rings is 1. The largest absolute Gasteiger partial charge is 0.480 e. The van der Waals surface area contributed by atoms with Crippen molar-refractivity contribution in [1.29, 1.82) is 0 Å². The number of amides is 1. The van der Waals surface area contributed by atoms with E-state index in [2.05, 4.69) is 0 Å². The van der Waals surface area contributed by atoms with Gasteiger partial charge in [0, 0.05) is 13.0 Å². The molecular formula is C12H11ClFNO4. The quantitative estimate of drug-likeness (QED) is 0.855. The maximum Gasteiger partial charge on any atom is 0.326 e. The van der Waals surface area contributed by atoms with Crippen molar-refractivity contribution in [3.05, 3.63) is 34.6 Å². The number of nitrogens with zero attached hydrogens (tertiary/aromatic N) is 1. The fourth-order valence-corrected chi connectivity index (χ4v) is 2.27. The lowest BCUT2D eigenvalue weighted by atomic mass is 10.1. The molecule has 5 nitrogen and oxygen atoms in total. The van der Waals surface area contributed by atoms with Gasteiger partial charge >= 0.3 is 5.97 Å². The van der Waals surface area contributed by atoms with Crippen LogP contribution in [0.4, 0.5) is 4.39 Å². The Bertz CT molecular complexity index is 536. The highest BCUT2D eigenvalue weighted by molar-refractivity contribution is 6.31. The van der Waals surface area contributed by atoms with Crippen LogP contribution >= 0.6 is 11.6 Å².